The number of nitrogen functional groups attached to an aromatic ring is 1. The van der Waals surface area contributed by atoms with Crippen molar-refractivity contribution < 1.29 is 0 Å². The normalized spacial score (nSPS) is 23.2. The Morgan fingerprint density at radius 3 is 2.92 bits per heavy atom. The first-order chi connectivity index (χ1) is 5.77. The van der Waals surface area contributed by atoms with Gasteiger partial charge in [-0.05, 0) is 19.1 Å². The summed E-state index contributed by atoms with van der Waals surface area (Å²) in [6.45, 7) is 2.02. The van der Waals surface area contributed by atoms with Crippen LogP contribution in [0.15, 0.2) is 0 Å². The molecule has 0 aliphatic carbocycles. The minimum atomic E-state index is 0.625. The number of anilines is 1. The fourth-order valence-electron chi connectivity index (χ4n) is 1.50. The number of nitrogens with zero attached hydrogens (tertiary/aromatic N) is 1. The molecule has 1 saturated heterocycles. The van der Waals surface area contributed by atoms with E-state index in [1.165, 1.54) is 17.9 Å². The molecule has 66 valence electrons. The van der Waals surface area contributed by atoms with Crippen molar-refractivity contribution >= 4 is 28.1 Å². The van der Waals surface area contributed by atoms with Gasteiger partial charge in [0.05, 0.1) is 10.7 Å². The lowest BCUT2D eigenvalue weighted by atomic mass is 10.1. The Kier molecular flexibility index (Phi) is 2.28. The van der Waals surface area contributed by atoms with E-state index in [0.717, 1.165) is 15.7 Å². The Morgan fingerprint density at radius 2 is 2.42 bits per heavy atom. The van der Waals surface area contributed by atoms with Crippen molar-refractivity contribution in [3.05, 3.63) is 10.7 Å². The van der Waals surface area contributed by atoms with Crippen LogP contribution in [0.4, 0.5) is 5.00 Å². The van der Waals surface area contributed by atoms with Crippen molar-refractivity contribution in [2.24, 2.45) is 0 Å². The topological polar surface area (TPSA) is 38.9 Å². The number of thioether (sulfide) groups is 1. The number of thiazole rings is 1. The van der Waals surface area contributed by atoms with Crippen LogP contribution in [-0.2, 0) is 0 Å². The zero-order valence-corrected chi connectivity index (χ0v) is 8.67. The van der Waals surface area contributed by atoms with Crippen molar-refractivity contribution in [3.63, 3.8) is 0 Å². The Morgan fingerprint density at radius 1 is 1.58 bits per heavy atom. The Labute approximate surface area is 80.6 Å². The van der Waals surface area contributed by atoms with Gasteiger partial charge in [-0.25, -0.2) is 4.98 Å². The summed E-state index contributed by atoms with van der Waals surface area (Å²) in [4.78, 5) is 4.47. The zero-order valence-electron chi connectivity index (χ0n) is 7.04. The van der Waals surface area contributed by atoms with E-state index in [2.05, 4.69) is 4.98 Å². The summed E-state index contributed by atoms with van der Waals surface area (Å²) in [6.07, 6.45) is 1.25. The predicted molar refractivity (Wildman–Crippen MR) is 55.9 cm³/mol. The molecule has 1 aliphatic rings. The second-order valence-corrected chi connectivity index (χ2v) is 5.43. The van der Waals surface area contributed by atoms with Crippen molar-refractivity contribution in [3.8, 4) is 0 Å². The quantitative estimate of drug-likeness (QED) is 0.755. The molecule has 4 heteroatoms. The highest BCUT2D eigenvalue weighted by atomic mass is 32.2. The van der Waals surface area contributed by atoms with Crippen molar-refractivity contribution in [1.29, 1.82) is 0 Å². The van der Waals surface area contributed by atoms with Crippen LogP contribution in [0, 0.1) is 6.92 Å². The van der Waals surface area contributed by atoms with Gasteiger partial charge >= 0.3 is 0 Å². The molecule has 1 atom stereocenters. The Hall–Kier alpha value is -0.220. The highest BCUT2D eigenvalue weighted by Gasteiger charge is 2.22. The summed E-state index contributed by atoms with van der Waals surface area (Å²) < 4.78 is 0. The first-order valence-electron chi connectivity index (χ1n) is 4.08. The van der Waals surface area contributed by atoms with Gasteiger partial charge in [0.1, 0.15) is 5.00 Å². The van der Waals surface area contributed by atoms with Gasteiger partial charge in [0.15, 0.2) is 0 Å². The molecule has 1 aliphatic heterocycles. The van der Waals surface area contributed by atoms with Crippen LogP contribution in [-0.4, -0.2) is 16.5 Å². The van der Waals surface area contributed by atoms with Crippen molar-refractivity contribution in [2.75, 3.05) is 17.2 Å². The monoisotopic (exact) mass is 200 g/mol. The third kappa shape index (κ3) is 1.45. The molecule has 1 aromatic rings. The molecular weight excluding hydrogens is 188 g/mol. The molecule has 1 fully saturated rings. The molecule has 2 rings (SSSR count). The maximum atomic E-state index is 5.87. The minimum absolute atomic E-state index is 0.625. The van der Waals surface area contributed by atoms with E-state index in [9.17, 15) is 0 Å². The summed E-state index contributed by atoms with van der Waals surface area (Å²) in [5.74, 6) is 3.09. The summed E-state index contributed by atoms with van der Waals surface area (Å²) in [5, 5.41) is 2.03. The molecule has 0 spiro atoms. The molecule has 1 aromatic heterocycles. The molecular formula is C8H12N2S2. The summed E-state index contributed by atoms with van der Waals surface area (Å²) in [5.41, 5.74) is 7.02. The molecule has 2 heterocycles. The number of nitrogens with two attached hydrogens (primary N) is 1. The maximum absolute atomic E-state index is 5.87. The van der Waals surface area contributed by atoms with Crippen LogP contribution in [0.5, 0.6) is 0 Å². The molecule has 0 aromatic carbocycles. The first kappa shape index (κ1) is 8.38. The second-order valence-electron chi connectivity index (χ2n) is 3.04. The van der Waals surface area contributed by atoms with E-state index < -0.39 is 0 Å². The smallest absolute Gasteiger partial charge is 0.110 e. The predicted octanol–water partition coefficient (Wildman–Crippen LogP) is 2.25. The molecule has 2 nitrogen and oxygen atoms in total. The number of hydrogen-bond donors (Lipinski definition) is 1. The molecule has 2 N–H and O–H groups in total. The lowest BCUT2D eigenvalue weighted by Crippen LogP contribution is -2.00. The van der Waals surface area contributed by atoms with Crippen LogP contribution in [0.3, 0.4) is 0 Å². The fourth-order valence-corrected chi connectivity index (χ4v) is 3.51. The molecule has 1 unspecified atom stereocenters. The minimum Gasteiger partial charge on any atom is -0.389 e. The molecule has 0 bridgehead atoms. The van der Waals surface area contributed by atoms with Crippen LogP contribution >= 0.6 is 23.1 Å². The number of aryl methyl sites for hydroxylation is 1. The van der Waals surface area contributed by atoms with E-state index >= 15 is 0 Å². The van der Waals surface area contributed by atoms with Crippen LogP contribution < -0.4 is 5.73 Å². The number of aromatic nitrogens is 1. The van der Waals surface area contributed by atoms with Gasteiger partial charge in [-0.3, -0.25) is 0 Å². The second kappa shape index (κ2) is 3.26. The largest absolute Gasteiger partial charge is 0.389 e. The van der Waals surface area contributed by atoms with Crippen molar-refractivity contribution in [1.82, 2.24) is 4.98 Å². The Bertz CT molecular complexity index is 277. The van der Waals surface area contributed by atoms with Gasteiger partial charge in [-0.1, -0.05) is 0 Å². The van der Waals surface area contributed by atoms with Gasteiger partial charge < -0.3 is 5.73 Å². The summed E-state index contributed by atoms with van der Waals surface area (Å²) >= 11 is 3.62. The summed E-state index contributed by atoms with van der Waals surface area (Å²) in [6, 6.07) is 0. The standard InChI is InChI=1S/C8H12N2S2/c1-5-10-7(8(9)12-5)6-2-3-11-4-6/h6H,2-4,9H2,1H3. The van der Waals surface area contributed by atoms with E-state index in [1.54, 1.807) is 11.3 Å². The molecule has 0 amide bonds. The van der Waals surface area contributed by atoms with Gasteiger partial charge in [-0.15, -0.1) is 11.3 Å². The average Bonchev–Trinajstić information content (AvgIpc) is 2.58. The van der Waals surface area contributed by atoms with E-state index in [0.29, 0.717) is 5.92 Å². The number of rotatable bonds is 1. The average molecular weight is 200 g/mol. The highest BCUT2D eigenvalue weighted by Crippen LogP contribution is 2.36. The van der Waals surface area contributed by atoms with Crippen molar-refractivity contribution in [2.45, 2.75) is 19.3 Å². The van der Waals surface area contributed by atoms with Gasteiger partial charge in [-0.2, -0.15) is 11.8 Å². The van der Waals surface area contributed by atoms with Gasteiger partial charge in [0.2, 0.25) is 0 Å². The third-order valence-electron chi connectivity index (χ3n) is 2.10. The maximum Gasteiger partial charge on any atom is 0.110 e. The lowest BCUT2D eigenvalue weighted by Gasteiger charge is -2.04. The third-order valence-corrected chi connectivity index (χ3v) is 4.08. The van der Waals surface area contributed by atoms with E-state index in [1.807, 2.05) is 18.7 Å². The SMILES string of the molecule is Cc1nc(C2CCSC2)c(N)s1. The Balaban J connectivity index is 2.25. The van der Waals surface area contributed by atoms with Gasteiger partial charge in [0, 0.05) is 11.7 Å². The van der Waals surface area contributed by atoms with E-state index in [-0.39, 0.29) is 0 Å². The van der Waals surface area contributed by atoms with Crippen LogP contribution in [0.25, 0.3) is 0 Å². The fraction of sp³-hybridized carbons (Fsp3) is 0.625. The number of hydrogen-bond acceptors (Lipinski definition) is 4. The molecule has 12 heavy (non-hydrogen) atoms. The van der Waals surface area contributed by atoms with Crippen LogP contribution in [0.1, 0.15) is 23.0 Å². The lowest BCUT2D eigenvalue weighted by molar-refractivity contribution is 0.758. The van der Waals surface area contributed by atoms with Gasteiger partial charge in [0.25, 0.3) is 0 Å². The zero-order chi connectivity index (χ0) is 8.55. The highest BCUT2D eigenvalue weighted by molar-refractivity contribution is 7.99. The summed E-state index contributed by atoms with van der Waals surface area (Å²) in [7, 11) is 0. The first-order valence-corrected chi connectivity index (χ1v) is 6.05. The molecule has 0 radical (unpaired) electrons. The van der Waals surface area contributed by atoms with E-state index in [4.69, 9.17) is 5.73 Å². The molecule has 0 saturated carbocycles. The van der Waals surface area contributed by atoms with Crippen LogP contribution in [0.2, 0.25) is 0 Å².